The summed E-state index contributed by atoms with van der Waals surface area (Å²) < 4.78 is 10.6. The van der Waals surface area contributed by atoms with Crippen molar-refractivity contribution in [3.05, 3.63) is 12.2 Å². The lowest BCUT2D eigenvalue weighted by Crippen LogP contribution is -2.54. The zero-order valence-electron chi connectivity index (χ0n) is 12.2. The molecule has 1 atom stereocenters. The van der Waals surface area contributed by atoms with Crippen LogP contribution < -0.4 is 5.32 Å². The van der Waals surface area contributed by atoms with Gasteiger partial charge in [0.1, 0.15) is 5.60 Å². The van der Waals surface area contributed by atoms with E-state index in [9.17, 15) is 9.90 Å². The number of aliphatic hydroxyl groups is 1. The lowest BCUT2D eigenvalue weighted by molar-refractivity contribution is -0.0274. The van der Waals surface area contributed by atoms with Gasteiger partial charge in [0.05, 0.1) is 18.2 Å². The van der Waals surface area contributed by atoms with Crippen molar-refractivity contribution in [2.24, 2.45) is 0 Å². The molecule has 0 aromatic heterocycles. The van der Waals surface area contributed by atoms with Gasteiger partial charge in [-0.2, -0.15) is 0 Å². The Morgan fingerprint density at radius 3 is 2.47 bits per heavy atom. The molecule has 0 spiro atoms. The van der Waals surface area contributed by atoms with E-state index in [1.165, 1.54) is 0 Å². The monoisotopic (exact) mass is 271 g/mol. The second-order valence-electron chi connectivity index (χ2n) is 5.84. The summed E-state index contributed by atoms with van der Waals surface area (Å²) in [5.74, 6) is 0. The number of carbonyl (C=O) groups is 1. The third-order valence-corrected chi connectivity index (χ3v) is 2.94. The Kier molecular flexibility index (Phi) is 5.38. The number of amides is 1. The molecule has 1 rings (SSSR count). The Morgan fingerprint density at radius 2 is 2.00 bits per heavy atom. The number of alkyl carbamates (subject to hydrolysis) is 1. The van der Waals surface area contributed by atoms with Crippen molar-refractivity contribution in [2.45, 2.75) is 57.8 Å². The van der Waals surface area contributed by atoms with Crippen molar-refractivity contribution < 1.29 is 19.4 Å². The normalized spacial score (nSPS) is 19.2. The van der Waals surface area contributed by atoms with Gasteiger partial charge < -0.3 is 19.9 Å². The minimum absolute atomic E-state index is 0.272. The Balaban J connectivity index is 2.62. The summed E-state index contributed by atoms with van der Waals surface area (Å²) in [5, 5.41) is 13.2. The third kappa shape index (κ3) is 5.20. The van der Waals surface area contributed by atoms with E-state index >= 15 is 0 Å². The van der Waals surface area contributed by atoms with E-state index in [4.69, 9.17) is 9.47 Å². The van der Waals surface area contributed by atoms with Gasteiger partial charge in [0.15, 0.2) is 0 Å². The van der Waals surface area contributed by atoms with Gasteiger partial charge in [-0.1, -0.05) is 12.2 Å². The fourth-order valence-corrected chi connectivity index (χ4v) is 1.96. The molecule has 1 aliphatic carbocycles. The van der Waals surface area contributed by atoms with E-state index in [0.29, 0.717) is 19.4 Å². The molecule has 2 N–H and O–H groups in total. The predicted molar refractivity (Wildman–Crippen MR) is 73.0 cm³/mol. The average molecular weight is 271 g/mol. The van der Waals surface area contributed by atoms with Crippen LogP contribution in [0.15, 0.2) is 12.2 Å². The molecule has 1 aliphatic rings. The van der Waals surface area contributed by atoms with Crippen molar-refractivity contribution in [1.29, 1.82) is 0 Å². The molecule has 0 aromatic carbocycles. The lowest BCUT2D eigenvalue weighted by atomic mass is 9.92. The molecule has 19 heavy (non-hydrogen) atoms. The van der Waals surface area contributed by atoms with E-state index in [0.717, 1.165) is 0 Å². The molecule has 0 fully saturated rings. The Labute approximate surface area is 115 Å². The van der Waals surface area contributed by atoms with Crippen LogP contribution in [0.25, 0.3) is 0 Å². The second kappa shape index (κ2) is 6.39. The molecule has 5 nitrogen and oxygen atoms in total. The molecule has 0 radical (unpaired) electrons. The SMILES string of the molecule is CCOCC(NC(=O)OC(C)(C)C)C1(O)CC=CC1. The molecule has 110 valence electrons. The quantitative estimate of drug-likeness (QED) is 0.750. The van der Waals surface area contributed by atoms with E-state index in [1.54, 1.807) is 20.8 Å². The Hall–Kier alpha value is -1.07. The molecule has 1 unspecified atom stereocenters. The molecule has 0 saturated heterocycles. The highest BCUT2D eigenvalue weighted by Gasteiger charge is 2.39. The van der Waals surface area contributed by atoms with E-state index in [2.05, 4.69) is 5.32 Å². The molecule has 0 saturated carbocycles. The maximum absolute atomic E-state index is 11.8. The topological polar surface area (TPSA) is 67.8 Å². The van der Waals surface area contributed by atoms with Gasteiger partial charge >= 0.3 is 6.09 Å². The van der Waals surface area contributed by atoms with E-state index < -0.39 is 23.3 Å². The summed E-state index contributed by atoms with van der Waals surface area (Å²) in [6.45, 7) is 8.09. The summed E-state index contributed by atoms with van der Waals surface area (Å²) in [4.78, 5) is 11.8. The molecule has 0 aliphatic heterocycles. The number of ether oxygens (including phenoxy) is 2. The summed E-state index contributed by atoms with van der Waals surface area (Å²) in [6, 6.07) is -0.475. The highest BCUT2D eigenvalue weighted by Crippen LogP contribution is 2.27. The zero-order valence-corrected chi connectivity index (χ0v) is 12.2. The fraction of sp³-hybridized carbons (Fsp3) is 0.786. The van der Waals surface area contributed by atoms with Gasteiger partial charge in [0.2, 0.25) is 0 Å². The number of rotatable bonds is 5. The van der Waals surface area contributed by atoms with Crippen LogP contribution in [0.2, 0.25) is 0 Å². The average Bonchev–Trinajstić information content (AvgIpc) is 2.70. The first-order valence-corrected chi connectivity index (χ1v) is 6.71. The molecule has 5 heteroatoms. The van der Waals surface area contributed by atoms with Crippen molar-refractivity contribution in [3.63, 3.8) is 0 Å². The van der Waals surface area contributed by atoms with Crippen LogP contribution in [0.1, 0.15) is 40.5 Å². The number of hydrogen-bond donors (Lipinski definition) is 2. The third-order valence-electron chi connectivity index (χ3n) is 2.94. The molecule has 0 aromatic rings. The number of hydrogen-bond acceptors (Lipinski definition) is 4. The van der Waals surface area contributed by atoms with Crippen LogP contribution >= 0.6 is 0 Å². The first kappa shape index (κ1) is 16.0. The van der Waals surface area contributed by atoms with Crippen LogP contribution in [0.5, 0.6) is 0 Å². The summed E-state index contributed by atoms with van der Waals surface area (Å²) >= 11 is 0. The van der Waals surface area contributed by atoms with E-state index in [1.807, 2.05) is 19.1 Å². The first-order valence-electron chi connectivity index (χ1n) is 6.71. The minimum atomic E-state index is -0.980. The standard InChI is InChI=1S/C14H25NO4/c1-5-18-10-11(14(17)8-6-7-9-14)15-12(16)19-13(2,3)4/h6-7,11,17H,5,8-10H2,1-4H3,(H,15,16). The van der Waals surface area contributed by atoms with Crippen molar-refractivity contribution >= 4 is 6.09 Å². The summed E-state index contributed by atoms with van der Waals surface area (Å²) in [5.41, 5.74) is -1.54. The number of carbonyl (C=O) groups excluding carboxylic acids is 1. The predicted octanol–water partition coefficient (Wildman–Crippen LogP) is 2.00. The van der Waals surface area contributed by atoms with Crippen LogP contribution in [-0.4, -0.2) is 41.7 Å². The van der Waals surface area contributed by atoms with Crippen LogP contribution in [0.4, 0.5) is 4.79 Å². The first-order chi connectivity index (χ1) is 8.77. The van der Waals surface area contributed by atoms with Gasteiger partial charge in [-0.25, -0.2) is 4.79 Å². The van der Waals surface area contributed by atoms with Gasteiger partial charge in [-0.3, -0.25) is 0 Å². The van der Waals surface area contributed by atoms with Gasteiger partial charge in [0, 0.05) is 6.61 Å². The zero-order chi connectivity index (χ0) is 14.5. The molecule has 0 bridgehead atoms. The van der Waals surface area contributed by atoms with Gasteiger partial charge in [0.25, 0.3) is 0 Å². The molecule has 1 amide bonds. The van der Waals surface area contributed by atoms with Crippen molar-refractivity contribution in [1.82, 2.24) is 5.32 Å². The number of nitrogens with one attached hydrogen (secondary N) is 1. The van der Waals surface area contributed by atoms with Crippen LogP contribution in [0.3, 0.4) is 0 Å². The minimum Gasteiger partial charge on any atom is -0.444 e. The smallest absolute Gasteiger partial charge is 0.408 e. The molecule has 0 heterocycles. The molecular formula is C14H25NO4. The maximum atomic E-state index is 11.8. The van der Waals surface area contributed by atoms with Crippen molar-refractivity contribution in [3.8, 4) is 0 Å². The van der Waals surface area contributed by atoms with Gasteiger partial charge in [-0.05, 0) is 40.5 Å². The lowest BCUT2D eigenvalue weighted by Gasteiger charge is -2.33. The van der Waals surface area contributed by atoms with E-state index in [-0.39, 0.29) is 6.61 Å². The van der Waals surface area contributed by atoms with Crippen LogP contribution in [-0.2, 0) is 9.47 Å². The summed E-state index contributed by atoms with van der Waals surface area (Å²) in [7, 11) is 0. The van der Waals surface area contributed by atoms with Crippen molar-refractivity contribution in [2.75, 3.05) is 13.2 Å². The summed E-state index contributed by atoms with van der Waals surface area (Å²) in [6.07, 6.45) is 4.32. The largest absolute Gasteiger partial charge is 0.444 e. The second-order valence-corrected chi connectivity index (χ2v) is 5.84. The van der Waals surface area contributed by atoms with Crippen LogP contribution in [0, 0.1) is 0 Å². The Bertz CT molecular complexity index is 325. The fourth-order valence-electron chi connectivity index (χ4n) is 1.96. The highest BCUT2D eigenvalue weighted by atomic mass is 16.6. The Morgan fingerprint density at radius 1 is 1.42 bits per heavy atom. The molecular weight excluding hydrogens is 246 g/mol. The highest BCUT2D eigenvalue weighted by molar-refractivity contribution is 5.68. The maximum Gasteiger partial charge on any atom is 0.408 e. The van der Waals surface area contributed by atoms with Gasteiger partial charge in [-0.15, -0.1) is 0 Å².